The third kappa shape index (κ3) is 4.19. The van der Waals surface area contributed by atoms with Gasteiger partial charge in [0.1, 0.15) is 5.82 Å². The Bertz CT molecular complexity index is 516. The van der Waals surface area contributed by atoms with E-state index in [1.165, 1.54) is 12.8 Å². The highest BCUT2D eigenvalue weighted by Gasteiger charge is 2.26. The first-order valence-electron chi connectivity index (χ1n) is 7.82. The Labute approximate surface area is 127 Å². The maximum atomic E-state index is 11.4. The molecule has 0 atom stereocenters. The topological polar surface area (TPSA) is 53.4 Å². The number of nitrogens with zero attached hydrogens (tertiary/aromatic N) is 2. The molecule has 0 unspecified atom stereocenters. The number of carboxylic acids is 1. The summed E-state index contributed by atoms with van der Waals surface area (Å²) in [5, 5.41) is 9.36. The Morgan fingerprint density at radius 1 is 1.38 bits per heavy atom. The van der Waals surface area contributed by atoms with Gasteiger partial charge in [0.05, 0.1) is 5.56 Å². The molecule has 0 saturated heterocycles. The van der Waals surface area contributed by atoms with Crippen molar-refractivity contribution in [3.05, 3.63) is 23.4 Å². The summed E-state index contributed by atoms with van der Waals surface area (Å²) in [4.78, 5) is 18.4. The number of aromatic carboxylic acids is 1. The van der Waals surface area contributed by atoms with E-state index in [0.29, 0.717) is 5.56 Å². The van der Waals surface area contributed by atoms with E-state index in [1.807, 2.05) is 0 Å². The van der Waals surface area contributed by atoms with Crippen LogP contribution < -0.4 is 4.90 Å². The Morgan fingerprint density at radius 3 is 2.52 bits per heavy atom. The van der Waals surface area contributed by atoms with E-state index in [-0.39, 0.29) is 5.41 Å². The lowest BCUT2D eigenvalue weighted by Gasteiger charge is -2.26. The number of hydrogen-bond acceptors (Lipinski definition) is 3. The number of rotatable bonds is 6. The zero-order chi connectivity index (χ0) is 15.6. The van der Waals surface area contributed by atoms with Crippen LogP contribution in [0.15, 0.2) is 12.1 Å². The zero-order valence-electron chi connectivity index (χ0n) is 13.5. The molecule has 0 aromatic carbocycles. The molecule has 1 saturated carbocycles. The smallest absolute Gasteiger partial charge is 0.335 e. The number of carboxylic acid groups (broad SMARTS) is 1. The molecule has 4 heteroatoms. The number of pyridine rings is 1. The molecule has 1 N–H and O–H groups in total. The molecule has 1 aliphatic rings. The lowest BCUT2D eigenvalue weighted by molar-refractivity contribution is 0.0696. The largest absolute Gasteiger partial charge is 0.478 e. The van der Waals surface area contributed by atoms with Crippen molar-refractivity contribution in [2.24, 2.45) is 5.92 Å². The van der Waals surface area contributed by atoms with Crippen molar-refractivity contribution in [3.8, 4) is 0 Å². The van der Waals surface area contributed by atoms with E-state index in [9.17, 15) is 9.90 Å². The quantitative estimate of drug-likeness (QED) is 0.868. The van der Waals surface area contributed by atoms with E-state index in [2.05, 4.69) is 32.6 Å². The molecule has 116 valence electrons. The van der Waals surface area contributed by atoms with Gasteiger partial charge >= 0.3 is 5.97 Å². The molecule has 2 rings (SSSR count). The van der Waals surface area contributed by atoms with Crippen LogP contribution in [-0.4, -0.2) is 29.1 Å². The molecule has 1 fully saturated rings. The fraction of sp³-hybridized carbons (Fsp3) is 0.647. The molecule has 1 aromatic rings. The molecule has 0 bridgehead atoms. The zero-order valence-corrected chi connectivity index (χ0v) is 13.5. The van der Waals surface area contributed by atoms with Gasteiger partial charge in [-0.25, -0.2) is 9.78 Å². The highest BCUT2D eigenvalue weighted by molar-refractivity contribution is 5.88. The van der Waals surface area contributed by atoms with Crippen LogP contribution >= 0.6 is 0 Å². The molecule has 4 nitrogen and oxygen atoms in total. The van der Waals surface area contributed by atoms with E-state index < -0.39 is 5.97 Å². The van der Waals surface area contributed by atoms with Crippen LogP contribution in [0.2, 0.25) is 0 Å². The van der Waals surface area contributed by atoms with Gasteiger partial charge in [-0.15, -0.1) is 0 Å². The van der Waals surface area contributed by atoms with Crippen LogP contribution in [-0.2, 0) is 5.41 Å². The summed E-state index contributed by atoms with van der Waals surface area (Å²) in [6.07, 6.45) is 3.60. The van der Waals surface area contributed by atoms with Crippen molar-refractivity contribution in [2.75, 3.05) is 18.0 Å². The normalized spacial score (nSPS) is 15.0. The molecule has 1 aromatic heterocycles. The fourth-order valence-corrected chi connectivity index (χ4v) is 2.37. The summed E-state index contributed by atoms with van der Waals surface area (Å²) in [6.45, 7) is 10.3. The van der Waals surface area contributed by atoms with Crippen molar-refractivity contribution < 1.29 is 9.90 Å². The first kappa shape index (κ1) is 15.8. The maximum absolute atomic E-state index is 11.4. The second-order valence-electron chi connectivity index (χ2n) is 7.04. The second kappa shape index (κ2) is 6.04. The predicted molar refractivity (Wildman–Crippen MR) is 85.1 cm³/mol. The van der Waals surface area contributed by atoms with Gasteiger partial charge in [-0.05, 0) is 37.3 Å². The number of aromatic nitrogens is 1. The highest BCUT2D eigenvalue weighted by Crippen LogP contribution is 2.32. The average Bonchev–Trinajstić information content (AvgIpc) is 3.20. The van der Waals surface area contributed by atoms with Crippen molar-refractivity contribution in [1.82, 2.24) is 4.98 Å². The van der Waals surface area contributed by atoms with Crippen LogP contribution in [0.1, 0.15) is 63.0 Å². The summed E-state index contributed by atoms with van der Waals surface area (Å²) < 4.78 is 0. The number of hydrogen-bond donors (Lipinski definition) is 1. The van der Waals surface area contributed by atoms with Crippen molar-refractivity contribution >= 4 is 11.8 Å². The Balaban J connectivity index is 2.38. The first-order valence-corrected chi connectivity index (χ1v) is 7.82. The van der Waals surface area contributed by atoms with Crippen LogP contribution in [0.5, 0.6) is 0 Å². The molecule has 1 heterocycles. The molecule has 21 heavy (non-hydrogen) atoms. The third-order valence-corrected chi connectivity index (χ3v) is 3.82. The van der Waals surface area contributed by atoms with Gasteiger partial charge in [0.2, 0.25) is 0 Å². The molecule has 0 spiro atoms. The van der Waals surface area contributed by atoms with Gasteiger partial charge in [0, 0.05) is 24.2 Å². The number of carbonyl (C=O) groups is 1. The van der Waals surface area contributed by atoms with Crippen molar-refractivity contribution in [1.29, 1.82) is 0 Å². The molecule has 0 amide bonds. The SMILES string of the molecule is CCCN(CC1CC1)c1cc(C(=O)O)cc(C(C)(C)C)n1. The third-order valence-electron chi connectivity index (χ3n) is 3.82. The van der Waals surface area contributed by atoms with Gasteiger partial charge in [-0.3, -0.25) is 0 Å². The monoisotopic (exact) mass is 290 g/mol. The Hall–Kier alpha value is -1.58. The van der Waals surface area contributed by atoms with Gasteiger partial charge in [-0.1, -0.05) is 27.7 Å². The highest BCUT2D eigenvalue weighted by atomic mass is 16.4. The molecular weight excluding hydrogens is 264 g/mol. The van der Waals surface area contributed by atoms with Crippen LogP contribution in [0.25, 0.3) is 0 Å². The lowest BCUT2D eigenvalue weighted by Crippen LogP contribution is -2.29. The molecule has 0 aliphatic heterocycles. The van der Waals surface area contributed by atoms with E-state index in [1.54, 1.807) is 12.1 Å². The van der Waals surface area contributed by atoms with E-state index in [0.717, 1.165) is 36.9 Å². The molecular formula is C17H26N2O2. The second-order valence-corrected chi connectivity index (χ2v) is 7.04. The minimum Gasteiger partial charge on any atom is -0.478 e. The summed E-state index contributed by atoms with van der Waals surface area (Å²) in [7, 11) is 0. The Morgan fingerprint density at radius 2 is 2.05 bits per heavy atom. The van der Waals surface area contributed by atoms with Crippen LogP contribution in [0.3, 0.4) is 0 Å². The van der Waals surface area contributed by atoms with Crippen LogP contribution in [0.4, 0.5) is 5.82 Å². The molecule has 0 radical (unpaired) electrons. The summed E-state index contributed by atoms with van der Waals surface area (Å²) in [6, 6.07) is 3.42. The summed E-state index contributed by atoms with van der Waals surface area (Å²) >= 11 is 0. The predicted octanol–water partition coefficient (Wildman–Crippen LogP) is 3.70. The van der Waals surface area contributed by atoms with E-state index in [4.69, 9.17) is 4.98 Å². The minimum absolute atomic E-state index is 0.155. The molecule has 1 aliphatic carbocycles. The number of anilines is 1. The average molecular weight is 290 g/mol. The lowest BCUT2D eigenvalue weighted by atomic mass is 9.90. The first-order chi connectivity index (χ1) is 9.81. The Kier molecular flexibility index (Phi) is 4.55. The minimum atomic E-state index is -0.882. The standard InChI is InChI=1S/C17H26N2O2/c1-5-8-19(11-12-6-7-12)15-10-13(16(20)21)9-14(18-15)17(2,3)4/h9-10,12H,5-8,11H2,1-4H3,(H,20,21). The van der Waals surface area contributed by atoms with Crippen molar-refractivity contribution in [2.45, 2.75) is 52.4 Å². The fourth-order valence-electron chi connectivity index (χ4n) is 2.37. The van der Waals surface area contributed by atoms with Gasteiger partial charge in [0.25, 0.3) is 0 Å². The van der Waals surface area contributed by atoms with Crippen LogP contribution in [0, 0.1) is 5.92 Å². The summed E-state index contributed by atoms with van der Waals surface area (Å²) in [5.41, 5.74) is 1.02. The van der Waals surface area contributed by atoms with E-state index >= 15 is 0 Å². The van der Waals surface area contributed by atoms with Gasteiger partial charge in [0.15, 0.2) is 0 Å². The summed E-state index contributed by atoms with van der Waals surface area (Å²) in [5.74, 6) is 0.686. The van der Waals surface area contributed by atoms with Gasteiger partial charge < -0.3 is 10.0 Å². The maximum Gasteiger partial charge on any atom is 0.335 e. The van der Waals surface area contributed by atoms with Gasteiger partial charge in [-0.2, -0.15) is 0 Å². The van der Waals surface area contributed by atoms with Crippen molar-refractivity contribution in [3.63, 3.8) is 0 Å².